The van der Waals surface area contributed by atoms with Crippen LogP contribution in [-0.2, 0) is 0 Å². The van der Waals surface area contributed by atoms with Crippen molar-refractivity contribution in [2.45, 2.75) is 58.9 Å². The average Bonchev–Trinajstić information content (AvgIpc) is 2.48. The Kier molecular flexibility index (Phi) is 5.20. The molecule has 0 atom stereocenters. The predicted molar refractivity (Wildman–Crippen MR) is 84.3 cm³/mol. The largest absolute Gasteiger partial charge is 0.348 e. The summed E-state index contributed by atoms with van der Waals surface area (Å²) >= 11 is 5.68. The molecule has 1 aliphatic rings. The van der Waals surface area contributed by atoms with Crippen LogP contribution in [-0.4, -0.2) is 21.9 Å². The highest BCUT2D eigenvalue weighted by molar-refractivity contribution is 6.29. The average molecular weight is 310 g/mol. The molecule has 1 fully saturated rings. The predicted octanol–water partition coefficient (Wildman–Crippen LogP) is 3.85. The second kappa shape index (κ2) is 6.73. The number of halogens is 1. The first kappa shape index (κ1) is 16.2. The van der Waals surface area contributed by atoms with Gasteiger partial charge in [0, 0.05) is 6.04 Å². The molecule has 1 N–H and O–H groups in total. The first-order chi connectivity index (χ1) is 9.92. The van der Waals surface area contributed by atoms with Gasteiger partial charge in [-0.25, -0.2) is 9.97 Å². The molecule has 0 saturated heterocycles. The Morgan fingerprint density at radius 1 is 1.29 bits per heavy atom. The number of carbonyl (C=O) groups excluding carboxylic acids is 1. The van der Waals surface area contributed by atoms with Crippen LogP contribution in [0.4, 0.5) is 0 Å². The van der Waals surface area contributed by atoms with Crippen LogP contribution in [0.5, 0.6) is 0 Å². The van der Waals surface area contributed by atoms with Gasteiger partial charge in [0.25, 0.3) is 5.91 Å². The van der Waals surface area contributed by atoms with Gasteiger partial charge in [0.15, 0.2) is 0 Å². The summed E-state index contributed by atoms with van der Waals surface area (Å²) in [5, 5.41) is 3.36. The summed E-state index contributed by atoms with van der Waals surface area (Å²) in [5.74, 6) is 0.600. The van der Waals surface area contributed by atoms with Gasteiger partial charge in [0.05, 0.1) is 12.4 Å². The van der Waals surface area contributed by atoms with Gasteiger partial charge >= 0.3 is 0 Å². The lowest BCUT2D eigenvalue weighted by Crippen LogP contribution is -2.40. The lowest BCUT2D eigenvalue weighted by molar-refractivity contribution is 0.0888. The molecule has 0 bridgehead atoms. The van der Waals surface area contributed by atoms with E-state index < -0.39 is 0 Å². The summed E-state index contributed by atoms with van der Waals surface area (Å²) in [6, 6.07) is 0.249. The van der Waals surface area contributed by atoms with E-state index in [0.29, 0.717) is 16.3 Å². The molecule has 5 heteroatoms. The van der Waals surface area contributed by atoms with Gasteiger partial charge in [-0.1, -0.05) is 38.8 Å². The molecular formula is C16H24ClN3O. The first-order valence-corrected chi connectivity index (χ1v) is 8.08. The third-order valence-corrected chi connectivity index (χ3v) is 5.13. The normalized spacial score (nSPS) is 22.9. The quantitative estimate of drug-likeness (QED) is 0.919. The van der Waals surface area contributed by atoms with E-state index in [-0.39, 0.29) is 11.9 Å². The maximum atomic E-state index is 12.1. The molecule has 0 unspecified atom stereocenters. The van der Waals surface area contributed by atoms with E-state index in [9.17, 15) is 4.79 Å². The van der Waals surface area contributed by atoms with Gasteiger partial charge < -0.3 is 5.32 Å². The van der Waals surface area contributed by atoms with Crippen molar-refractivity contribution in [3.63, 3.8) is 0 Å². The van der Waals surface area contributed by atoms with E-state index in [0.717, 1.165) is 18.8 Å². The second-order valence-corrected chi connectivity index (χ2v) is 6.98. The lowest BCUT2D eigenvalue weighted by atomic mass is 9.69. The maximum absolute atomic E-state index is 12.1. The molecule has 1 aromatic heterocycles. The Hall–Kier alpha value is -1.16. The number of hydrogen-bond donors (Lipinski definition) is 1. The highest BCUT2D eigenvalue weighted by atomic mass is 35.5. The highest BCUT2D eigenvalue weighted by Gasteiger charge is 2.32. The molecule has 0 aliphatic heterocycles. The van der Waals surface area contributed by atoms with Crippen LogP contribution in [0.3, 0.4) is 0 Å². The zero-order valence-electron chi connectivity index (χ0n) is 13.0. The zero-order chi connectivity index (χ0) is 15.5. The van der Waals surface area contributed by atoms with Gasteiger partial charge in [-0.05, 0) is 37.0 Å². The van der Waals surface area contributed by atoms with Gasteiger partial charge in [0.1, 0.15) is 10.8 Å². The lowest BCUT2D eigenvalue weighted by Gasteiger charge is -2.39. The number of rotatable bonds is 4. The van der Waals surface area contributed by atoms with Crippen molar-refractivity contribution in [3.05, 3.63) is 23.2 Å². The summed E-state index contributed by atoms with van der Waals surface area (Å²) in [6.45, 7) is 6.95. The van der Waals surface area contributed by atoms with Crippen molar-refractivity contribution in [3.8, 4) is 0 Å². The molecule has 21 heavy (non-hydrogen) atoms. The molecule has 0 aromatic carbocycles. The number of amides is 1. The van der Waals surface area contributed by atoms with Crippen LogP contribution in [0.25, 0.3) is 0 Å². The SMILES string of the molecule is CCC(C)(C)C1CCC(NC(=O)c2cnc(Cl)cn2)CC1. The van der Waals surface area contributed by atoms with Crippen molar-refractivity contribution in [1.29, 1.82) is 0 Å². The number of nitrogens with zero attached hydrogens (tertiary/aromatic N) is 2. The van der Waals surface area contributed by atoms with Crippen LogP contribution in [0, 0.1) is 11.3 Å². The topological polar surface area (TPSA) is 54.9 Å². The van der Waals surface area contributed by atoms with E-state index >= 15 is 0 Å². The minimum absolute atomic E-state index is 0.155. The maximum Gasteiger partial charge on any atom is 0.271 e. The summed E-state index contributed by atoms with van der Waals surface area (Å²) in [6.07, 6.45) is 8.47. The van der Waals surface area contributed by atoms with E-state index in [1.807, 2.05) is 0 Å². The number of hydrogen-bond acceptors (Lipinski definition) is 3. The molecule has 1 saturated carbocycles. The number of carbonyl (C=O) groups is 1. The Morgan fingerprint density at radius 3 is 2.48 bits per heavy atom. The molecule has 116 valence electrons. The Balaban J connectivity index is 1.86. The molecule has 0 spiro atoms. The Bertz CT molecular complexity index is 479. The molecule has 1 aliphatic carbocycles. The molecule has 1 heterocycles. The van der Waals surface area contributed by atoms with Gasteiger partial charge in [-0.3, -0.25) is 4.79 Å². The van der Waals surface area contributed by atoms with E-state index in [1.165, 1.54) is 31.7 Å². The van der Waals surface area contributed by atoms with Crippen LogP contribution >= 0.6 is 11.6 Å². The molecule has 4 nitrogen and oxygen atoms in total. The Morgan fingerprint density at radius 2 is 1.95 bits per heavy atom. The van der Waals surface area contributed by atoms with E-state index in [1.54, 1.807) is 0 Å². The van der Waals surface area contributed by atoms with E-state index in [2.05, 4.69) is 36.1 Å². The van der Waals surface area contributed by atoms with Crippen molar-refractivity contribution < 1.29 is 4.79 Å². The smallest absolute Gasteiger partial charge is 0.271 e. The molecular weight excluding hydrogens is 286 g/mol. The van der Waals surface area contributed by atoms with E-state index in [4.69, 9.17) is 11.6 Å². The van der Waals surface area contributed by atoms with Gasteiger partial charge in [0.2, 0.25) is 0 Å². The third kappa shape index (κ3) is 4.16. The highest BCUT2D eigenvalue weighted by Crippen LogP contribution is 2.40. The fourth-order valence-corrected chi connectivity index (χ4v) is 3.09. The summed E-state index contributed by atoms with van der Waals surface area (Å²) in [7, 11) is 0. The monoisotopic (exact) mass is 309 g/mol. The minimum atomic E-state index is -0.155. The molecule has 1 amide bonds. The van der Waals surface area contributed by atoms with Crippen molar-refractivity contribution in [2.24, 2.45) is 11.3 Å². The van der Waals surface area contributed by atoms with Crippen LogP contribution in [0.2, 0.25) is 5.15 Å². The standard InChI is InChI=1S/C16H24ClN3O/c1-4-16(2,3)11-5-7-12(8-6-11)20-15(21)13-9-19-14(17)10-18-13/h9-12H,4-8H2,1-3H3,(H,20,21). The molecule has 1 aromatic rings. The van der Waals surface area contributed by atoms with Crippen LogP contribution in [0.15, 0.2) is 12.4 Å². The third-order valence-electron chi connectivity index (χ3n) is 4.93. The number of aromatic nitrogens is 2. The van der Waals surface area contributed by atoms with Crippen molar-refractivity contribution >= 4 is 17.5 Å². The molecule has 2 rings (SSSR count). The first-order valence-electron chi connectivity index (χ1n) is 7.71. The zero-order valence-corrected chi connectivity index (χ0v) is 13.8. The van der Waals surface area contributed by atoms with Crippen LogP contribution in [0.1, 0.15) is 63.4 Å². The van der Waals surface area contributed by atoms with Crippen molar-refractivity contribution in [1.82, 2.24) is 15.3 Å². The fraction of sp³-hybridized carbons (Fsp3) is 0.688. The fourth-order valence-electron chi connectivity index (χ4n) is 3.00. The van der Waals surface area contributed by atoms with Gasteiger partial charge in [-0.15, -0.1) is 0 Å². The number of nitrogens with one attached hydrogen (secondary N) is 1. The van der Waals surface area contributed by atoms with Crippen LogP contribution < -0.4 is 5.32 Å². The Labute approximate surface area is 131 Å². The minimum Gasteiger partial charge on any atom is -0.348 e. The summed E-state index contributed by atoms with van der Waals surface area (Å²) in [4.78, 5) is 20.0. The summed E-state index contributed by atoms with van der Waals surface area (Å²) in [5.41, 5.74) is 0.729. The second-order valence-electron chi connectivity index (χ2n) is 6.59. The summed E-state index contributed by atoms with van der Waals surface area (Å²) < 4.78 is 0. The van der Waals surface area contributed by atoms with Crippen molar-refractivity contribution in [2.75, 3.05) is 0 Å². The van der Waals surface area contributed by atoms with Gasteiger partial charge in [-0.2, -0.15) is 0 Å². The molecule has 0 radical (unpaired) electrons.